The number of nitro groups is 1. The Kier molecular flexibility index (Phi) is 3.10. The molecule has 0 fully saturated rings. The highest BCUT2D eigenvalue weighted by Crippen LogP contribution is 2.27. The summed E-state index contributed by atoms with van der Waals surface area (Å²) in [4.78, 5) is 9.93. The average Bonchev–Trinajstić information content (AvgIpc) is 2.15. The number of terminal acetylenes is 1. The SMILES string of the molecule is C#CC(C)c1ccc([N+](=O)[O-])c(Cl)c1. The fourth-order valence-electron chi connectivity index (χ4n) is 1.04. The van der Waals surface area contributed by atoms with Crippen LogP contribution < -0.4 is 0 Å². The van der Waals surface area contributed by atoms with Crippen LogP contribution in [0.2, 0.25) is 5.02 Å². The summed E-state index contributed by atoms with van der Waals surface area (Å²) in [6.07, 6.45) is 5.23. The second-order valence-corrected chi connectivity index (χ2v) is 3.26. The van der Waals surface area contributed by atoms with Crippen LogP contribution in [0.25, 0.3) is 0 Å². The van der Waals surface area contributed by atoms with E-state index in [1.807, 2.05) is 6.92 Å². The van der Waals surface area contributed by atoms with Gasteiger partial charge < -0.3 is 0 Å². The van der Waals surface area contributed by atoms with Gasteiger partial charge in [-0.2, -0.15) is 0 Å². The summed E-state index contributed by atoms with van der Waals surface area (Å²) in [6.45, 7) is 1.83. The summed E-state index contributed by atoms with van der Waals surface area (Å²) >= 11 is 5.72. The minimum absolute atomic E-state index is 0.0895. The summed E-state index contributed by atoms with van der Waals surface area (Å²) < 4.78 is 0. The van der Waals surface area contributed by atoms with Crippen molar-refractivity contribution in [3.8, 4) is 12.3 Å². The Bertz CT molecular complexity index is 409. The van der Waals surface area contributed by atoms with Gasteiger partial charge >= 0.3 is 0 Å². The van der Waals surface area contributed by atoms with E-state index in [-0.39, 0.29) is 16.6 Å². The highest BCUT2D eigenvalue weighted by Gasteiger charge is 2.13. The van der Waals surface area contributed by atoms with Gasteiger partial charge in [-0.3, -0.25) is 10.1 Å². The van der Waals surface area contributed by atoms with Gasteiger partial charge in [0, 0.05) is 12.0 Å². The molecule has 72 valence electrons. The molecule has 0 radical (unpaired) electrons. The Balaban J connectivity index is 3.14. The van der Waals surface area contributed by atoms with Crippen molar-refractivity contribution >= 4 is 17.3 Å². The predicted octanol–water partition coefficient (Wildman–Crippen LogP) is 2.98. The summed E-state index contributed by atoms with van der Waals surface area (Å²) in [5, 5.41) is 10.6. The van der Waals surface area contributed by atoms with Gasteiger partial charge in [0.05, 0.1) is 4.92 Å². The van der Waals surface area contributed by atoms with E-state index in [1.165, 1.54) is 12.1 Å². The van der Waals surface area contributed by atoms with E-state index in [1.54, 1.807) is 6.07 Å². The molecular weight excluding hydrogens is 202 g/mol. The molecular formula is C10H8ClNO2. The summed E-state index contributed by atoms with van der Waals surface area (Å²) in [6, 6.07) is 4.52. The molecule has 0 aromatic heterocycles. The zero-order valence-electron chi connectivity index (χ0n) is 7.53. The molecule has 0 bridgehead atoms. The normalized spacial score (nSPS) is 11.8. The molecule has 3 nitrogen and oxygen atoms in total. The standard InChI is InChI=1S/C10H8ClNO2/c1-3-7(2)8-4-5-10(12(13)14)9(11)6-8/h1,4-7H,2H3. The van der Waals surface area contributed by atoms with Gasteiger partial charge in [-0.1, -0.05) is 23.6 Å². The summed E-state index contributed by atoms with van der Waals surface area (Å²) in [5.41, 5.74) is 0.711. The number of rotatable bonds is 2. The van der Waals surface area contributed by atoms with Gasteiger partial charge in [0.25, 0.3) is 5.69 Å². The van der Waals surface area contributed by atoms with Gasteiger partial charge in [0.15, 0.2) is 0 Å². The molecule has 0 N–H and O–H groups in total. The number of halogens is 1. The van der Waals surface area contributed by atoms with Crippen molar-refractivity contribution in [2.24, 2.45) is 0 Å². The molecule has 0 aliphatic heterocycles. The van der Waals surface area contributed by atoms with Crippen LogP contribution in [-0.4, -0.2) is 4.92 Å². The van der Waals surface area contributed by atoms with Crippen LogP contribution in [0.4, 0.5) is 5.69 Å². The van der Waals surface area contributed by atoms with E-state index in [4.69, 9.17) is 18.0 Å². The third-order valence-electron chi connectivity index (χ3n) is 1.92. The Hall–Kier alpha value is -1.53. The molecule has 0 aliphatic carbocycles. The monoisotopic (exact) mass is 209 g/mol. The largest absolute Gasteiger partial charge is 0.287 e. The van der Waals surface area contributed by atoms with Crippen LogP contribution in [0.15, 0.2) is 18.2 Å². The maximum atomic E-state index is 10.5. The molecule has 14 heavy (non-hydrogen) atoms. The second-order valence-electron chi connectivity index (χ2n) is 2.86. The van der Waals surface area contributed by atoms with Crippen LogP contribution in [0, 0.1) is 22.5 Å². The van der Waals surface area contributed by atoms with E-state index in [9.17, 15) is 10.1 Å². The molecule has 0 spiro atoms. The first kappa shape index (κ1) is 10.6. The summed E-state index contributed by atoms with van der Waals surface area (Å²) in [5.74, 6) is 2.44. The minimum Gasteiger partial charge on any atom is -0.258 e. The number of benzene rings is 1. The molecule has 0 aliphatic rings. The second kappa shape index (κ2) is 4.12. The van der Waals surface area contributed by atoms with Gasteiger partial charge in [-0.25, -0.2) is 0 Å². The summed E-state index contributed by atoms with van der Waals surface area (Å²) in [7, 11) is 0. The van der Waals surface area contributed by atoms with Gasteiger partial charge in [0.1, 0.15) is 5.02 Å². The van der Waals surface area contributed by atoms with Crippen molar-refractivity contribution in [1.82, 2.24) is 0 Å². The number of hydrogen-bond acceptors (Lipinski definition) is 2. The van der Waals surface area contributed by atoms with Gasteiger partial charge in [0.2, 0.25) is 0 Å². The number of hydrogen-bond donors (Lipinski definition) is 0. The molecule has 0 saturated heterocycles. The molecule has 0 saturated carbocycles. The van der Waals surface area contributed by atoms with Crippen molar-refractivity contribution in [1.29, 1.82) is 0 Å². The third kappa shape index (κ3) is 2.04. The molecule has 4 heteroatoms. The Morgan fingerprint density at radius 2 is 2.29 bits per heavy atom. The van der Waals surface area contributed by atoms with Crippen LogP contribution >= 0.6 is 11.6 Å². The fourth-order valence-corrected chi connectivity index (χ4v) is 1.29. The lowest BCUT2D eigenvalue weighted by Crippen LogP contribution is -1.93. The highest BCUT2D eigenvalue weighted by molar-refractivity contribution is 6.32. The van der Waals surface area contributed by atoms with Crippen LogP contribution in [0.5, 0.6) is 0 Å². The molecule has 1 aromatic carbocycles. The van der Waals surface area contributed by atoms with E-state index < -0.39 is 4.92 Å². The first-order chi connectivity index (χ1) is 6.56. The van der Waals surface area contributed by atoms with Crippen molar-refractivity contribution in [3.05, 3.63) is 38.9 Å². The first-order valence-corrected chi connectivity index (χ1v) is 4.34. The number of nitrogens with zero attached hydrogens (tertiary/aromatic N) is 1. The smallest absolute Gasteiger partial charge is 0.258 e. The lowest BCUT2D eigenvalue weighted by molar-refractivity contribution is -0.384. The van der Waals surface area contributed by atoms with Crippen molar-refractivity contribution in [2.45, 2.75) is 12.8 Å². The molecule has 1 rings (SSSR count). The van der Waals surface area contributed by atoms with Gasteiger partial charge in [-0.05, 0) is 18.6 Å². The fraction of sp³-hybridized carbons (Fsp3) is 0.200. The van der Waals surface area contributed by atoms with Crippen molar-refractivity contribution in [3.63, 3.8) is 0 Å². The van der Waals surface area contributed by atoms with E-state index >= 15 is 0 Å². The van der Waals surface area contributed by atoms with Crippen LogP contribution in [0.3, 0.4) is 0 Å². The van der Waals surface area contributed by atoms with E-state index in [0.717, 1.165) is 5.56 Å². The Morgan fingerprint density at radius 3 is 2.71 bits per heavy atom. The topological polar surface area (TPSA) is 43.1 Å². The third-order valence-corrected chi connectivity index (χ3v) is 2.22. The quantitative estimate of drug-likeness (QED) is 0.427. The Morgan fingerprint density at radius 1 is 1.64 bits per heavy atom. The maximum absolute atomic E-state index is 10.5. The minimum atomic E-state index is -0.521. The van der Waals surface area contributed by atoms with E-state index in [2.05, 4.69) is 5.92 Å². The molecule has 1 unspecified atom stereocenters. The molecule has 1 aromatic rings. The van der Waals surface area contributed by atoms with Crippen molar-refractivity contribution < 1.29 is 4.92 Å². The lowest BCUT2D eigenvalue weighted by atomic mass is 10.0. The van der Waals surface area contributed by atoms with Gasteiger partial charge in [-0.15, -0.1) is 6.42 Å². The molecule has 0 heterocycles. The predicted molar refractivity (Wildman–Crippen MR) is 55.4 cm³/mol. The Labute approximate surface area is 86.8 Å². The number of nitro benzene ring substituents is 1. The molecule has 0 amide bonds. The van der Waals surface area contributed by atoms with Crippen molar-refractivity contribution in [2.75, 3.05) is 0 Å². The zero-order chi connectivity index (χ0) is 10.7. The first-order valence-electron chi connectivity index (χ1n) is 3.96. The van der Waals surface area contributed by atoms with Crippen LogP contribution in [0.1, 0.15) is 18.4 Å². The molecule has 1 atom stereocenters. The average molecular weight is 210 g/mol. The zero-order valence-corrected chi connectivity index (χ0v) is 8.28. The maximum Gasteiger partial charge on any atom is 0.287 e. The highest BCUT2D eigenvalue weighted by atomic mass is 35.5. The van der Waals surface area contributed by atoms with Crippen LogP contribution in [-0.2, 0) is 0 Å². The van der Waals surface area contributed by atoms with E-state index in [0.29, 0.717) is 0 Å². The lowest BCUT2D eigenvalue weighted by Gasteiger charge is -2.04.